The van der Waals surface area contributed by atoms with Crippen molar-refractivity contribution < 1.29 is 9.66 Å². The molecular weight excluding hydrogens is 268 g/mol. The van der Waals surface area contributed by atoms with Crippen LogP contribution >= 0.6 is 0 Å². The molecule has 5 heteroatoms. The Bertz CT molecular complexity index is 685. The molecule has 2 aromatic rings. The number of nitro benzene ring substituents is 1. The summed E-state index contributed by atoms with van der Waals surface area (Å²) in [5.74, 6) is 0. The molecule has 0 aromatic heterocycles. The van der Waals surface area contributed by atoms with Crippen LogP contribution < -0.4 is 5.32 Å². The number of nitro groups is 1. The third kappa shape index (κ3) is 2.73. The number of hydrogen-bond donors (Lipinski definition) is 1. The molecule has 0 aliphatic carbocycles. The molecule has 1 aliphatic heterocycles. The first-order chi connectivity index (χ1) is 10.1. The fourth-order valence-electron chi connectivity index (χ4n) is 2.57. The number of aryl methyl sites for hydroxylation is 1. The maximum absolute atomic E-state index is 10.9. The van der Waals surface area contributed by atoms with E-state index >= 15 is 0 Å². The molecule has 0 fully saturated rings. The van der Waals surface area contributed by atoms with E-state index in [0.717, 1.165) is 16.8 Å². The van der Waals surface area contributed by atoms with E-state index in [1.54, 1.807) is 12.1 Å². The topological polar surface area (TPSA) is 64.4 Å². The average Bonchev–Trinajstić information content (AvgIpc) is 2.49. The van der Waals surface area contributed by atoms with Gasteiger partial charge in [0.1, 0.15) is 0 Å². The molecule has 0 saturated heterocycles. The summed E-state index contributed by atoms with van der Waals surface area (Å²) in [7, 11) is 0. The van der Waals surface area contributed by atoms with Gasteiger partial charge in [0.05, 0.1) is 24.2 Å². The summed E-state index contributed by atoms with van der Waals surface area (Å²) in [5.41, 5.74) is 4.19. The molecule has 5 nitrogen and oxygen atoms in total. The highest BCUT2D eigenvalue weighted by atomic mass is 16.6. The van der Waals surface area contributed by atoms with Crippen LogP contribution in [0.2, 0.25) is 0 Å². The SMILES string of the molecule is Cc1ccc([N+](=O)[O-])cc1NC1COCc2ccccc21. The fourth-order valence-corrected chi connectivity index (χ4v) is 2.57. The smallest absolute Gasteiger partial charge is 0.271 e. The quantitative estimate of drug-likeness (QED) is 0.691. The Kier molecular flexibility index (Phi) is 3.58. The van der Waals surface area contributed by atoms with Crippen LogP contribution in [0.5, 0.6) is 0 Å². The van der Waals surface area contributed by atoms with Crippen LogP contribution in [0.4, 0.5) is 11.4 Å². The molecule has 21 heavy (non-hydrogen) atoms. The van der Waals surface area contributed by atoms with Gasteiger partial charge in [-0.25, -0.2) is 0 Å². The summed E-state index contributed by atoms with van der Waals surface area (Å²) in [4.78, 5) is 10.5. The second-order valence-electron chi connectivity index (χ2n) is 5.17. The molecule has 2 aromatic carbocycles. The number of non-ortho nitro benzene ring substituents is 1. The van der Waals surface area contributed by atoms with Gasteiger partial charge < -0.3 is 10.1 Å². The zero-order chi connectivity index (χ0) is 14.8. The zero-order valence-electron chi connectivity index (χ0n) is 11.7. The van der Waals surface area contributed by atoms with Gasteiger partial charge in [-0.2, -0.15) is 0 Å². The summed E-state index contributed by atoms with van der Waals surface area (Å²) in [6, 6.07) is 13.0. The van der Waals surface area contributed by atoms with Crippen LogP contribution in [-0.4, -0.2) is 11.5 Å². The summed E-state index contributed by atoms with van der Waals surface area (Å²) in [5, 5.41) is 14.3. The van der Waals surface area contributed by atoms with E-state index in [2.05, 4.69) is 11.4 Å². The Balaban J connectivity index is 1.91. The molecule has 1 N–H and O–H groups in total. The van der Waals surface area contributed by atoms with Gasteiger partial charge in [0, 0.05) is 17.8 Å². The maximum atomic E-state index is 10.9. The minimum atomic E-state index is -0.379. The predicted molar refractivity (Wildman–Crippen MR) is 80.3 cm³/mol. The highest BCUT2D eigenvalue weighted by Crippen LogP contribution is 2.30. The van der Waals surface area contributed by atoms with Gasteiger partial charge in [0.15, 0.2) is 0 Å². The molecule has 1 atom stereocenters. The van der Waals surface area contributed by atoms with Gasteiger partial charge in [0.25, 0.3) is 5.69 Å². The van der Waals surface area contributed by atoms with Gasteiger partial charge in [-0.15, -0.1) is 0 Å². The summed E-state index contributed by atoms with van der Waals surface area (Å²) in [6.07, 6.45) is 0. The van der Waals surface area contributed by atoms with Crippen LogP contribution in [0.1, 0.15) is 22.7 Å². The second-order valence-corrected chi connectivity index (χ2v) is 5.17. The number of nitrogens with zero attached hydrogens (tertiary/aromatic N) is 1. The van der Waals surface area contributed by atoms with Crippen molar-refractivity contribution >= 4 is 11.4 Å². The standard InChI is InChI=1S/C16H16N2O3/c1-11-6-7-13(18(19)20)8-15(11)17-16-10-21-9-12-4-2-3-5-14(12)16/h2-8,16-17H,9-10H2,1H3. The average molecular weight is 284 g/mol. The number of anilines is 1. The van der Waals surface area contributed by atoms with Crippen LogP contribution in [-0.2, 0) is 11.3 Å². The van der Waals surface area contributed by atoms with Gasteiger partial charge >= 0.3 is 0 Å². The summed E-state index contributed by atoms with van der Waals surface area (Å²) in [6.45, 7) is 3.10. The van der Waals surface area contributed by atoms with Gasteiger partial charge in [-0.3, -0.25) is 10.1 Å². The number of ether oxygens (including phenoxy) is 1. The Morgan fingerprint density at radius 2 is 2.10 bits per heavy atom. The van der Waals surface area contributed by atoms with Crippen LogP contribution in [0.15, 0.2) is 42.5 Å². The number of hydrogen-bond acceptors (Lipinski definition) is 4. The van der Waals surface area contributed by atoms with Gasteiger partial charge in [-0.1, -0.05) is 30.3 Å². The van der Waals surface area contributed by atoms with E-state index in [4.69, 9.17) is 4.74 Å². The van der Waals surface area contributed by atoms with E-state index in [1.165, 1.54) is 11.6 Å². The first kappa shape index (κ1) is 13.6. The van der Waals surface area contributed by atoms with Crippen molar-refractivity contribution in [1.29, 1.82) is 0 Å². The highest BCUT2D eigenvalue weighted by molar-refractivity contribution is 5.58. The van der Waals surface area contributed by atoms with E-state index in [9.17, 15) is 10.1 Å². The van der Waals surface area contributed by atoms with E-state index in [1.807, 2.05) is 25.1 Å². The number of benzene rings is 2. The van der Waals surface area contributed by atoms with Crippen LogP contribution in [0, 0.1) is 17.0 Å². The lowest BCUT2D eigenvalue weighted by atomic mass is 9.98. The Morgan fingerprint density at radius 3 is 2.90 bits per heavy atom. The van der Waals surface area contributed by atoms with Gasteiger partial charge in [0.2, 0.25) is 0 Å². The lowest BCUT2D eigenvalue weighted by Crippen LogP contribution is -2.23. The Morgan fingerprint density at radius 1 is 1.29 bits per heavy atom. The summed E-state index contributed by atoms with van der Waals surface area (Å²) >= 11 is 0. The van der Waals surface area contributed by atoms with Crippen LogP contribution in [0.25, 0.3) is 0 Å². The molecule has 0 bridgehead atoms. The van der Waals surface area contributed by atoms with Crippen molar-refractivity contribution in [3.63, 3.8) is 0 Å². The molecule has 3 rings (SSSR count). The number of fused-ring (bicyclic) bond motifs is 1. The van der Waals surface area contributed by atoms with Crippen molar-refractivity contribution in [2.75, 3.05) is 11.9 Å². The third-order valence-corrected chi connectivity index (χ3v) is 3.73. The molecule has 1 heterocycles. The van der Waals surface area contributed by atoms with E-state index in [-0.39, 0.29) is 16.7 Å². The van der Waals surface area contributed by atoms with Crippen molar-refractivity contribution in [3.05, 3.63) is 69.3 Å². The minimum absolute atomic E-state index is 0.00986. The van der Waals surface area contributed by atoms with E-state index < -0.39 is 0 Å². The first-order valence-electron chi connectivity index (χ1n) is 6.82. The molecule has 0 radical (unpaired) electrons. The zero-order valence-corrected chi connectivity index (χ0v) is 11.7. The van der Waals surface area contributed by atoms with Crippen molar-refractivity contribution in [2.45, 2.75) is 19.6 Å². The molecule has 0 amide bonds. The Labute approximate surface area is 122 Å². The lowest BCUT2D eigenvalue weighted by molar-refractivity contribution is -0.384. The van der Waals surface area contributed by atoms with Crippen molar-refractivity contribution in [1.82, 2.24) is 0 Å². The van der Waals surface area contributed by atoms with Crippen LogP contribution in [0.3, 0.4) is 0 Å². The molecule has 0 saturated carbocycles. The first-order valence-corrected chi connectivity index (χ1v) is 6.82. The number of nitrogens with one attached hydrogen (secondary N) is 1. The fraction of sp³-hybridized carbons (Fsp3) is 0.250. The molecular formula is C16H16N2O3. The van der Waals surface area contributed by atoms with Crippen molar-refractivity contribution in [3.8, 4) is 0 Å². The summed E-state index contributed by atoms with van der Waals surface area (Å²) < 4.78 is 5.60. The lowest BCUT2D eigenvalue weighted by Gasteiger charge is -2.27. The molecule has 108 valence electrons. The van der Waals surface area contributed by atoms with Gasteiger partial charge in [-0.05, 0) is 23.6 Å². The molecule has 1 unspecified atom stereocenters. The minimum Gasteiger partial charge on any atom is -0.375 e. The molecule has 1 aliphatic rings. The Hall–Kier alpha value is -2.40. The number of rotatable bonds is 3. The van der Waals surface area contributed by atoms with E-state index in [0.29, 0.717) is 13.2 Å². The maximum Gasteiger partial charge on any atom is 0.271 e. The molecule has 0 spiro atoms. The third-order valence-electron chi connectivity index (χ3n) is 3.73. The predicted octanol–water partition coefficient (Wildman–Crippen LogP) is 3.59. The largest absolute Gasteiger partial charge is 0.375 e. The highest BCUT2D eigenvalue weighted by Gasteiger charge is 2.21. The monoisotopic (exact) mass is 284 g/mol. The normalized spacial score (nSPS) is 17.1. The van der Waals surface area contributed by atoms with Crippen molar-refractivity contribution in [2.24, 2.45) is 0 Å². The second kappa shape index (κ2) is 5.54.